The molecule has 1 heterocycles. The van der Waals surface area contributed by atoms with E-state index in [2.05, 4.69) is 16.0 Å². The van der Waals surface area contributed by atoms with E-state index in [-0.39, 0.29) is 12.4 Å². The van der Waals surface area contributed by atoms with Crippen LogP contribution in [0.4, 0.5) is 14.9 Å². The number of aryl methyl sites for hydroxylation is 1. The van der Waals surface area contributed by atoms with E-state index in [1.807, 2.05) is 17.5 Å². The zero-order chi connectivity index (χ0) is 16.7. The van der Waals surface area contributed by atoms with Gasteiger partial charge in [0.25, 0.3) is 0 Å². The number of nitrogens with one attached hydrogen (secondary N) is 3. The number of imide groups is 1. The second kappa shape index (κ2) is 8.28. The normalized spacial score (nSPS) is 10.2. The summed E-state index contributed by atoms with van der Waals surface area (Å²) >= 11 is 1.62. The molecule has 0 spiro atoms. The van der Waals surface area contributed by atoms with Gasteiger partial charge in [0.05, 0.1) is 6.54 Å². The van der Waals surface area contributed by atoms with Gasteiger partial charge in [-0.25, -0.2) is 9.18 Å². The highest BCUT2D eigenvalue weighted by atomic mass is 32.1. The van der Waals surface area contributed by atoms with Crippen LogP contribution in [0.1, 0.15) is 10.4 Å². The van der Waals surface area contributed by atoms with Crippen molar-refractivity contribution in [3.8, 4) is 0 Å². The molecule has 3 amide bonds. The summed E-state index contributed by atoms with van der Waals surface area (Å²) in [5, 5.41) is 9.57. The van der Waals surface area contributed by atoms with Crippen molar-refractivity contribution in [2.24, 2.45) is 0 Å². The number of urea groups is 1. The zero-order valence-corrected chi connectivity index (χ0v) is 13.5. The number of rotatable bonds is 6. The lowest BCUT2D eigenvalue weighted by atomic mass is 10.2. The molecule has 0 aliphatic carbocycles. The maximum atomic E-state index is 13.4. The van der Waals surface area contributed by atoms with Crippen LogP contribution in [0.2, 0.25) is 0 Å². The number of amides is 3. The molecular formula is C16H18FN3O2S. The lowest BCUT2D eigenvalue weighted by molar-refractivity contribution is -0.118. The summed E-state index contributed by atoms with van der Waals surface area (Å²) in [5.74, 6) is -0.832. The van der Waals surface area contributed by atoms with E-state index < -0.39 is 11.9 Å². The van der Waals surface area contributed by atoms with Gasteiger partial charge in [0.1, 0.15) is 5.82 Å². The van der Waals surface area contributed by atoms with Crippen LogP contribution in [-0.2, 0) is 11.2 Å². The first-order valence-corrected chi connectivity index (χ1v) is 8.02. The van der Waals surface area contributed by atoms with Gasteiger partial charge in [0, 0.05) is 17.1 Å². The molecule has 122 valence electrons. The molecule has 0 fully saturated rings. The summed E-state index contributed by atoms with van der Waals surface area (Å²) in [7, 11) is 0. The number of carbonyl (C=O) groups is 2. The molecule has 1 aromatic carbocycles. The van der Waals surface area contributed by atoms with Gasteiger partial charge in [-0.15, -0.1) is 11.3 Å². The van der Waals surface area contributed by atoms with Crippen molar-refractivity contribution in [3.05, 3.63) is 52.0 Å². The predicted molar refractivity (Wildman–Crippen MR) is 89.2 cm³/mol. The fourth-order valence-electron chi connectivity index (χ4n) is 1.85. The first-order chi connectivity index (χ1) is 11.0. The average Bonchev–Trinajstić information content (AvgIpc) is 3.02. The fraction of sp³-hybridized carbons (Fsp3) is 0.250. The molecule has 0 aliphatic rings. The van der Waals surface area contributed by atoms with Crippen molar-refractivity contribution in [1.29, 1.82) is 0 Å². The van der Waals surface area contributed by atoms with Gasteiger partial charge in [-0.05, 0) is 42.5 Å². The molecule has 0 aliphatic heterocycles. The van der Waals surface area contributed by atoms with Crippen LogP contribution < -0.4 is 16.0 Å². The zero-order valence-electron chi connectivity index (χ0n) is 12.7. The quantitative estimate of drug-likeness (QED) is 0.760. The maximum absolute atomic E-state index is 13.4. The van der Waals surface area contributed by atoms with Crippen LogP contribution in [-0.4, -0.2) is 25.0 Å². The SMILES string of the molecule is Cc1ccc(NCC(=O)NC(=O)NCCc2cccs2)cc1F. The van der Waals surface area contributed by atoms with E-state index >= 15 is 0 Å². The Labute approximate surface area is 137 Å². The monoisotopic (exact) mass is 335 g/mol. The van der Waals surface area contributed by atoms with Crippen molar-refractivity contribution in [1.82, 2.24) is 10.6 Å². The first kappa shape index (κ1) is 17.0. The Kier molecular flexibility index (Phi) is 6.10. The minimum Gasteiger partial charge on any atom is -0.376 e. The van der Waals surface area contributed by atoms with E-state index in [1.54, 1.807) is 30.4 Å². The van der Waals surface area contributed by atoms with E-state index in [1.165, 1.54) is 10.9 Å². The van der Waals surface area contributed by atoms with Gasteiger partial charge in [-0.3, -0.25) is 10.1 Å². The number of anilines is 1. The van der Waals surface area contributed by atoms with Gasteiger partial charge in [0.2, 0.25) is 5.91 Å². The third-order valence-electron chi connectivity index (χ3n) is 3.11. The Hall–Kier alpha value is -2.41. The summed E-state index contributed by atoms with van der Waals surface area (Å²) in [5.41, 5.74) is 1.02. The van der Waals surface area contributed by atoms with Crippen LogP contribution in [0.5, 0.6) is 0 Å². The van der Waals surface area contributed by atoms with Crippen LogP contribution in [0.25, 0.3) is 0 Å². The Morgan fingerprint density at radius 3 is 2.78 bits per heavy atom. The smallest absolute Gasteiger partial charge is 0.321 e. The molecule has 3 N–H and O–H groups in total. The molecule has 0 unspecified atom stereocenters. The van der Waals surface area contributed by atoms with E-state index in [0.717, 1.165) is 6.42 Å². The maximum Gasteiger partial charge on any atom is 0.321 e. The van der Waals surface area contributed by atoms with Crippen molar-refractivity contribution in [2.45, 2.75) is 13.3 Å². The van der Waals surface area contributed by atoms with Gasteiger partial charge < -0.3 is 10.6 Å². The van der Waals surface area contributed by atoms with Crippen LogP contribution in [0.3, 0.4) is 0 Å². The lowest BCUT2D eigenvalue weighted by Gasteiger charge is -2.08. The standard InChI is InChI=1S/C16H18FN3O2S/c1-11-4-5-12(9-14(11)17)19-10-15(21)20-16(22)18-7-6-13-3-2-8-23-13/h2-5,8-9,19H,6-7,10H2,1H3,(H2,18,20,21,22). The average molecular weight is 335 g/mol. The number of hydrogen-bond acceptors (Lipinski definition) is 4. The fourth-order valence-corrected chi connectivity index (χ4v) is 2.56. The minimum absolute atomic E-state index is 0.110. The number of benzene rings is 1. The summed E-state index contributed by atoms with van der Waals surface area (Å²) in [6, 6.07) is 8.00. The molecule has 0 saturated carbocycles. The molecule has 2 rings (SSSR count). The van der Waals surface area contributed by atoms with Crippen molar-refractivity contribution >= 4 is 29.0 Å². The van der Waals surface area contributed by atoms with Gasteiger partial charge in [-0.1, -0.05) is 12.1 Å². The van der Waals surface area contributed by atoms with Crippen molar-refractivity contribution in [2.75, 3.05) is 18.4 Å². The Morgan fingerprint density at radius 2 is 2.09 bits per heavy atom. The van der Waals surface area contributed by atoms with E-state index in [9.17, 15) is 14.0 Å². The van der Waals surface area contributed by atoms with E-state index in [0.29, 0.717) is 17.8 Å². The largest absolute Gasteiger partial charge is 0.376 e. The summed E-state index contributed by atoms with van der Waals surface area (Å²) < 4.78 is 13.4. The molecule has 5 nitrogen and oxygen atoms in total. The van der Waals surface area contributed by atoms with Gasteiger partial charge in [-0.2, -0.15) is 0 Å². The Balaban J connectivity index is 1.67. The van der Waals surface area contributed by atoms with Crippen LogP contribution >= 0.6 is 11.3 Å². The summed E-state index contributed by atoms with van der Waals surface area (Å²) in [4.78, 5) is 24.4. The van der Waals surface area contributed by atoms with Gasteiger partial charge in [0.15, 0.2) is 0 Å². The Morgan fingerprint density at radius 1 is 1.26 bits per heavy atom. The van der Waals surface area contributed by atoms with Crippen molar-refractivity contribution in [3.63, 3.8) is 0 Å². The first-order valence-electron chi connectivity index (χ1n) is 7.14. The molecular weight excluding hydrogens is 317 g/mol. The predicted octanol–water partition coefficient (Wildman–Crippen LogP) is 2.68. The Bertz CT molecular complexity index is 674. The highest BCUT2D eigenvalue weighted by molar-refractivity contribution is 7.09. The number of carbonyl (C=O) groups excluding carboxylic acids is 2. The van der Waals surface area contributed by atoms with Gasteiger partial charge >= 0.3 is 6.03 Å². The molecule has 1 aromatic heterocycles. The third kappa shape index (κ3) is 5.71. The molecule has 0 bridgehead atoms. The third-order valence-corrected chi connectivity index (χ3v) is 4.05. The lowest BCUT2D eigenvalue weighted by Crippen LogP contribution is -2.42. The molecule has 7 heteroatoms. The molecule has 2 aromatic rings. The molecule has 0 atom stereocenters. The van der Waals surface area contributed by atoms with Crippen LogP contribution in [0, 0.1) is 12.7 Å². The second-order valence-electron chi connectivity index (χ2n) is 4.95. The number of halogens is 1. The second-order valence-corrected chi connectivity index (χ2v) is 5.98. The summed E-state index contributed by atoms with van der Waals surface area (Å²) in [6.45, 7) is 2.00. The molecule has 0 radical (unpaired) electrons. The number of hydrogen-bond donors (Lipinski definition) is 3. The summed E-state index contributed by atoms with van der Waals surface area (Å²) in [6.07, 6.45) is 0.722. The minimum atomic E-state index is -0.538. The molecule has 23 heavy (non-hydrogen) atoms. The van der Waals surface area contributed by atoms with Crippen molar-refractivity contribution < 1.29 is 14.0 Å². The topological polar surface area (TPSA) is 70.2 Å². The molecule has 0 saturated heterocycles. The highest BCUT2D eigenvalue weighted by Gasteiger charge is 2.07. The van der Waals surface area contributed by atoms with Crippen LogP contribution in [0.15, 0.2) is 35.7 Å². The van der Waals surface area contributed by atoms with E-state index in [4.69, 9.17) is 0 Å². The number of thiophene rings is 1. The highest BCUT2D eigenvalue weighted by Crippen LogP contribution is 2.13.